The Hall–Kier alpha value is -3.85. The lowest BCUT2D eigenvalue weighted by Crippen LogP contribution is -2.43. The van der Waals surface area contributed by atoms with Crippen molar-refractivity contribution in [3.63, 3.8) is 0 Å². The molecular formula is C24H30F3N5O6S. The van der Waals surface area contributed by atoms with Crippen LogP contribution < -0.4 is 25.6 Å². The number of benzene rings is 2. The molecule has 39 heavy (non-hydrogen) atoms. The van der Waals surface area contributed by atoms with Crippen molar-refractivity contribution >= 4 is 44.9 Å². The topological polar surface area (TPSA) is 157 Å². The number of anilines is 3. The monoisotopic (exact) mass is 573 g/mol. The summed E-state index contributed by atoms with van der Waals surface area (Å²) >= 11 is 0. The van der Waals surface area contributed by atoms with E-state index < -0.39 is 22.2 Å². The number of carbonyl (C=O) groups excluding carboxylic acids is 2. The third kappa shape index (κ3) is 9.76. The molecule has 3 rings (SSSR count). The van der Waals surface area contributed by atoms with Gasteiger partial charge in [-0.15, -0.1) is 0 Å². The third-order valence-corrected chi connectivity index (χ3v) is 6.61. The van der Waals surface area contributed by atoms with E-state index in [1.807, 2.05) is 6.92 Å². The van der Waals surface area contributed by atoms with Gasteiger partial charge in [0.2, 0.25) is 5.91 Å². The predicted molar refractivity (Wildman–Crippen MR) is 139 cm³/mol. The van der Waals surface area contributed by atoms with Gasteiger partial charge in [0.05, 0.1) is 16.3 Å². The van der Waals surface area contributed by atoms with Crippen molar-refractivity contribution in [3.8, 4) is 0 Å². The number of hydrogen-bond acceptors (Lipinski definition) is 7. The second-order valence-corrected chi connectivity index (χ2v) is 10.0. The van der Waals surface area contributed by atoms with Gasteiger partial charge in [0.15, 0.2) is 0 Å². The van der Waals surface area contributed by atoms with Crippen molar-refractivity contribution in [1.82, 2.24) is 10.6 Å². The molecule has 0 saturated carbocycles. The predicted octanol–water partition coefficient (Wildman–Crippen LogP) is 2.63. The normalized spacial score (nSPS) is 13.5. The lowest BCUT2D eigenvalue weighted by atomic mass is 10.1. The molecule has 1 aliphatic heterocycles. The van der Waals surface area contributed by atoms with E-state index in [4.69, 9.17) is 9.90 Å². The van der Waals surface area contributed by atoms with E-state index in [1.165, 1.54) is 31.2 Å². The Labute approximate surface area is 223 Å². The first-order chi connectivity index (χ1) is 18.2. The molecule has 0 radical (unpaired) electrons. The minimum absolute atomic E-state index is 0.0544. The van der Waals surface area contributed by atoms with Gasteiger partial charge in [0.1, 0.15) is 0 Å². The van der Waals surface area contributed by atoms with E-state index in [2.05, 4.69) is 25.6 Å². The molecule has 0 aromatic heterocycles. The number of piperazine rings is 1. The van der Waals surface area contributed by atoms with E-state index in [-0.39, 0.29) is 16.7 Å². The zero-order valence-corrected chi connectivity index (χ0v) is 22.1. The Bertz CT molecular complexity index is 1260. The molecule has 1 aliphatic rings. The van der Waals surface area contributed by atoms with E-state index in [0.717, 1.165) is 38.3 Å². The van der Waals surface area contributed by atoms with Crippen LogP contribution in [0.4, 0.5) is 30.2 Å². The third-order valence-electron chi connectivity index (χ3n) is 5.22. The average molecular weight is 574 g/mol. The fourth-order valence-electron chi connectivity index (χ4n) is 3.41. The highest BCUT2D eigenvalue weighted by Crippen LogP contribution is 2.30. The molecule has 0 spiro atoms. The molecule has 1 saturated heterocycles. The number of nitrogens with one attached hydrogen (secondary N) is 4. The van der Waals surface area contributed by atoms with E-state index in [0.29, 0.717) is 23.5 Å². The Morgan fingerprint density at radius 1 is 1.05 bits per heavy atom. The number of alkyl halides is 3. The highest BCUT2D eigenvalue weighted by Gasteiger charge is 2.38. The number of carboxylic acids is 1. The molecule has 0 atom stereocenters. The number of aliphatic carboxylic acids is 1. The van der Waals surface area contributed by atoms with E-state index in [1.54, 1.807) is 18.2 Å². The Balaban J connectivity index is 0.000000673. The molecule has 1 heterocycles. The molecule has 214 valence electrons. The molecule has 2 aromatic carbocycles. The van der Waals surface area contributed by atoms with Crippen LogP contribution in [0, 0.1) is 0 Å². The van der Waals surface area contributed by atoms with Crippen LogP contribution in [0.3, 0.4) is 0 Å². The summed E-state index contributed by atoms with van der Waals surface area (Å²) in [5.41, 5.74) is 1.96. The standard InChI is InChI=1S/C22H29N5O4S.C2HF3O2/c1-3-10-24-22(29)17-4-9-21(27-13-11-23-12-14-27)20(15-17)26-32(30,31)19-7-5-18(6-8-19)25-16(2)28;3-2(4,5)1(6)7/h4-9,15,23,26H,3,10-14H2,1-2H3,(H,24,29)(H,25,28);(H,6,7). The van der Waals surface area contributed by atoms with Gasteiger partial charge in [-0.1, -0.05) is 6.92 Å². The number of amides is 2. The summed E-state index contributed by atoms with van der Waals surface area (Å²) in [4.78, 5) is 34.7. The van der Waals surface area contributed by atoms with E-state index in [9.17, 15) is 31.2 Å². The lowest BCUT2D eigenvalue weighted by Gasteiger charge is -2.31. The number of sulfonamides is 1. The maximum Gasteiger partial charge on any atom is 0.490 e. The highest BCUT2D eigenvalue weighted by atomic mass is 32.2. The SMILES string of the molecule is CCCNC(=O)c1ccc(N2CCNCC2)c(NS(=O)(=O)c2ccc(NC(C)=O)cc2)c1.O=C(O)C(F)(F)F. The Morgan fingerprint density at radius 2 is 1.64 bits per heavy atom. The van der Waals surface area contributed by atoms with Crippen LogP contribution in [0.5, 0.6) is 0 Å². The molecule has 0 bridgehead atoms. The average Bonchev–Trinajstić information content (AvgIpc) is 2.87. The van der Waals surface area contributed by atoms with Gasteiger partial charge in [-0.25, -0.2) is 13.2 Å². The van der Waals surface area contributed by atoms with Crippen LogP contribution in [0.1, 0.15) is 30.6 Å². The van der Waals surface area contributed by atoms with Gasteiger partial charge in [-0.3, -0.25) is 14.3 Å². The summed E-state index contributed by atoms with van der Waals surface area (Å²) < 4.78 is 60.6. The summed E-state index contributed by atoms with van der Waals surface area (Å²) in [7, 11) is -3.92. The first-order valence-corrected chi connectivity index (χ1v) is 13.3. The Kier molecular flexibility index (Phi) is 11.1. The maximum absolute atomic E-state index is 13.1. The zero-order valence-electron chi connectivity index (χ0n) is 21.3. The van der Waals surface area contributed by atoms with Crippen LogP contribution in [0.2, 0.25) is 0 Å². The molecule has 2 aromatic rings. The second-order valence-electron chi connectivity index (χ2n) is 8.34. The van der Waals surface area contributed by atoms with Gasteiger partial charge >= 0.3 is 12.1 Å². The minimum Gasteiger partial charge on any atom is -0.475 e. The number of halogens is 3. The second kappa shape index (κ2) is 13.8. The number of carbonyl (C=O) groups is 3. The molecule has 1 fully saturated rings. The Morgan fingerprint density at radius 3 is 2.15 bits per heavy atom. The molecule has 5 N–H and O–H groups in total. The van der Waals surface area contributed by atoms with Crippen LogP contribution in [0.15, 0.2) is 47.4 Å². The highest BCUT2D eigenvalue weighted by molar-refractivity contribution is 7.92. The van der Waals surface area contributed by atoms with Gasteiger partial charge in [0, 0.05) is 50.9 Å². The van der Waals surface area contributed by atoms with Crippen molar-refractivity contribution < 1.29 is 41.1 Å². The van der Waals surface area contributed by atoms with Gasteiger partial charge < -0.3 is 26.0 Å². The fraction of sp³-hybridized carbons (Fsp3) is 0.375. The van der Waals surface area contributed by atoms with Gasteiger partial charge in [-0.05, 0) is 48.9 Å². The largest absolute Gasteiger partial charge is 0.490 e. The maximum atomic E-state index is 13.1. The van der Waals surface area contributed by atoms with Crippen molar-refractivity contribution in [1.29, 1.82) is 0 Å². The first-order valence-electron chi connectivity index (χ1n) is 11.8. The molecule has 0 unspecified atom stereocenters. The van der Waals surface area contributed by atoms with Gasteiger partial charge in [0.25, 0.3) is 15.9 Å². The fourth-order valence-corrected chi connectivity index (χ4v) is 4.47. The summed E-state index contributed by atoms with van der Waals surface area (Å²) in [5.74, 6) is -3.25. The molecule has 0 aliphatic carbocycles. The number of hydrogen-bond donors (Lipinski definition) is 5. The number of nitrogens with zero attached hydrogens (tertiary/aromatic N) is 1. The van der Waals surface area contributed by atoms with Crippen molar-refractivity contribution in [2.75, 3.05) is 47.7 Å². The van der Waals surface area contributed by atoms with Crippen LogP contribution in [0.25, 0.3) is 0 Å². The summed E-state index contributed by atoms with van der Waals surface area (Å²) in [6, 6.07) is 11.0. The molecule has 11 nitrogen and oxygen atoms in total. The number of carboxylic acid groups (broad SMARTS) is 1. The minimum atomic E-state index is -5.08. The molecular weight excluding hydrogens is 543 g/mol. The summed E-state index contributed by atoms with van der Waals surface area (Å²) in [6.07, 6.45) is -4.28. The zero-order chi connectivity index (χ0) is 29.2. The first kappa shape index (κ1) is 31.4. The van der Waals surface area contributed by atoms with Crippen molar-refractivity contribution in [2.45, 2.75) is 31.3 Å². The van der Waals surface area contributed by atoms with Crippen LogP contribution >= 0.6 is 0 Å². The molecule has 2 amide bonds. The summed E-state index contributed by atoms with van der Waals surface area (Å²) in [5, 5.41) is 15.8. The molecule has 15 heteroatoms. The summed E-state index contributed by atoms with van der Waals surface area (Å²) in [6.45, 7) is 6.91. The van der Waals surface area contributed by atoms with Crippen LogP contribution in [-0.2, 0) is 19.6 Å². The quantitative estimate of drug-likeness (QED) is 0.323. The number of rotatable bonds is 8. The lowest BCUT2D eigenvalue weighted by molar-refractivity contribution is -0.192. The van der Waals surface area contributed by atoms with Crippen LogP contribution in [-0.4, -0.2) is 70.2 Å². The smallest absolute Gasteiger partial charge is 0.475 e. The van der Waals surface area contributed by atoms with Crippen molar-refractivity contribution in [2.24, 2.45) is 0 Å². The van der Waals surface area contributed by atoms with Gasteiger partial charge in [-0.2, -0.15) is 13.2 Å². The van der Waals surface area contributed by atoms with Crippen molar-refractivity contribution in [3.05, 3.63) is 48.0 Å². The van der Waals surface area contributed by atoms with E-state index >= 15 is 0 Å².